The molecule has 0 heterocycles. The zero-order valence-corrected chi connectivity index (χ0v) is 10.8. The van der Waals surface area contributed by atoms with Gasteiger partial charge in [0.05, 0.1) is 6.42 Å². The Kier molecular flexibility index (Phi) is 4.78. The molecule has 1 N–H and O–H groups in total. The molecule has 1 rings (SSSR count). The normalized spacial score (nSPS) is 30.6. The maximum Gasteiger partial charge on any atom is 0.305 e. The van der Waals surface area contributed by atoms with Crippen molar-refractivity contribution in [1.29, 1.82) is 0 Å². The summed E-state index contributed by atoms with van der Waals surface area (Å²) >= 11 is 0. The van der Waals surface area contributed by atoms with Gasteiger partial charge in [-0.1, -0.05) is 20.8 Å². The molecule has 94 valence electrons. The van der Waals surface area contributed by atoms with Crippen LogP contribution in [0.2, 0.25) is 0 Å². The third-order valence-corrected chi connectivity index (χ3v) is 4.12. The predicted molar refractivity (Wildman–Crippen MR) is 65.5 cm³/mol. The Balaban J connectivity index is 2.79. The predicted octanol–water partition coefficient (Wildman–Crippen LogP) is 2.75. The number of carboxylic acids is 1. The molecule has 0 unspecified atom stereocenters. The molecule has 1 saturated carbocycles. The van der Waals surface area contributed by atoms with E-state index in [1.807, 2.05) is 0 Å². The van der Waals surface area contributed by atoms with Crippen molar-refractivity contribution in [3.8, 4) is 0 Å². The second kappa shape index (κ2) is 5.67. The van der Waals surface area contributed by atoms with Gasteiger partial charge in [-0.2, -0.15) is 0 Å². The van der Waals surface area contributed by atoms with Gasteiger partial charge in [0.2, 0.25) is 0 Å². The summed E-state index contributed by atoms with van der Waals surface area (Å²) in [4.78, 5) is 13.4. The van der Waals surface area contributed by atoms with Crippen molar-refractivity contribution >= 4 is 5.97 Å². The van der Waals surface area contributed by atoms with Crippen molar-refractivity contribution in [2.45, 2.75) is 58.4 Å². The van der Waals surface area contributed by atoms with Gasteiger partial charge >= 0.3 is 5.97 Å². The van der Waals surface area contributed by atoms with Crippen LogP contribution in [0, 0.1) is 5.92 Å². The van der Waals surface area contributed by atoms with Crippen LogP contribution in [0.1, 0.15) is 52.9 Å². The highest BCUT2D eigenvalue weighted by Gasteiger charge is 2.39. The first kappa shape index (κ1) is 13.5. The van der Waals surface area contributed by atoms with Gasteiger partial charge in [-0.25, -0.2) is 0 Å². The molecule has 1 fully saturated rings. The first-order chi connectivity index (χ1) is 7.54. The number of carbonyl (C=O) groups is 1. The summed E-state index contributed by atoms with van der Waals surface area (Å²) < 4.78 is 0. The molecule has 0 spiro atoms. The van der Waals surface area contributed by atoms with Crippen molar-refractivity contribution in [2.24, 2.45) is 5.92 Å². The highest BCUT2D eigenvalue weighted by molar-refractivity contribution is 5.68. The van der Waals surface area contributed by atoms with Gasteiger partial charge < -0.3 is 5.11 Å². The van der Waals surface area contributed by atoms with Gasteiger partial charge in [0.1, 0.15) is 0 Å². The third-order valence-electron chi connectivity index (χ3n) is 4.12. The molecular weight excluding hydrogens is 202 g/mol. The Hall–Kier alpha value is -0.570. The summed E-state index contributed by atoms with van der Waals surface area (Å²) in [7, 11) is 0. The number of hydrogen-bond acceptors (Lipinski definition) is 2. The maximum absolute atomic E-state index is 11.1. The molecule has 3 nitrogen and oxygen atoms in total. The lowest BCUT2D eigenvalue weighted by Crippen LogP contribution is -2.52. The monoisotopic (exact) mass is 227 g/mol. The quantitative estimate of drug-likeness (QED) is 0.785. The number of carboxylic acid groups (broad SMARTS) is 1. The maximum atomic E-state index is 11.1. The van der Waals surface area contributed by atoms with Crippen LogP contribution in [0.4, 0.5) is 0 Å². The first-order valence-corrected chi connectivity index (χ1v) is 6.51. The van der Waals surface area contributed by atoms with Crippen molar-refractivity contribution in [3.05, 3.63) is 0 Å². The molecule has 0 aromatic rings. The Bertz CT molecular complexity index is 228. The van der Waals surface area contributed by atoms with Crippen molar-refractivity contribution in [2.75, 3.05) is 13.1 Å². The van der Waals surface area contributed by atoms with Crippen LogP contribution in [0.25, 0.3) is 0 Å². The fourth-order valence-corrected chi connectivity index (χ4v) is 3.08. The number of aliphatic carboxylic acids is 1. The minimum absolute atomic E-state index is 0.0676. The van der Waals surface area contributed by atoms with Gasteiger partial charge in [-0.3, -0.25) is 9.69 Å². The molecule has 0 aromatic heterocycles. The van der Waals surface area contributed by atoms with E-state index in [4.69, 9.17) is 5.11 Å². The fraction of sp³-hybridized carbons (Fsp3) is 0.923. The van der Waals surface area contributed by atoms with Gasteiger partial charge in [-0.05, 0) is 44.7 Å². The third kappa shape index (κ3) is 2.97. The summed E-state index contributed by atoms with van der Waals surface area (Å²) in [5.41, 5.74) is -0.0676. The largest absolute Gasteiger partial charge is 0.481 e. The first-order valence-electron chi connectivity index (χ1n) is 6.51. The molecule has 0 atom stereocenters. The van der Waals surface area contributed by atoms with E-state index >= 15 is 0 Å². The Labute approximate surface area is 98.8 Å². The van der Waals surface area contributed by atoms with Crippen molar-refractivity contribution in [3.63, 3.8) is 0 Å². The van der Waals surface area contributed by atoms with Crippen molar-refractivity contribution < 1.29 is 9.90 Å². The van der Waals surface area contributed by atoms with Crippen LogP contribution >= 0.6 is 0 Å². The van der Waals surface area contributed by atoms with E-state index in [2.05, 4.69) is 25.7 Å². The molecule has 1 aliphatic carbocycles. The minimum atomic E-state index is -0.651. The topological polar surface area (TPSA) is 40.5 Å². The van der Waals surface area contributed by atoms with Crippen LogP contribution < -0.4 is 0 Å². The van der Waals surface area contributed by atoms with Gasteiger partial charge in [0.25, 0.3) is 0 Å². The number of rotatable bonds is 5. The van der Waals surface area contributed by atoms with E-state index in [9.17, 15) is 4.79 Å². The molecule has 0 radical (unpaired) electrons. The summed E-state index contributed by atoms with van der Waals surface area (Å²) in [6.07, 6.45) is 4.74. The second-order valence-electron chi connectivity index (χ2n) is 5.15. The van der Waals surface area contributed by atoms with E-state index < -0.39 is 5.97 Å². The average Bonchev–Trinajstić information content (AvgIpc) is 2.23. The smallest absolute Gasteiger partial charge is 0.305 e. The molecule has 1 aliphatic rings. The molecular formula is C13H25NO2. The molecule has 3 heteroatoms. The lowest BCUT2D eigenvalue weighted by Gasteiger charge is -2.46. The molecule has 0 aliphatic heterocycles. The molecule has 0 saturated heterocycles. The molecule has 16 heavy (non-hydrogen) atoms. The van der Waals surface area contributed by atoms with Crippen LogP contribution in [-0.4, -0.2) is 34.6 Å². The van der Waals surface area contributed by atoms with E-state index in [1.165, 1.54) is 12.8 Å². The standard InChI is InChI=1S/C13H25NO2/c1-4-14(5-2)13(10-12(15)16)8-6-11(3)7-9-13/h11H,4-10H2,1-3H3,(H,15,16). The SMILES string of the molecule is CCN(CC)C1(CC(=O)O)CCC(C)CC1. The minimum Gasteiger partial charge on any atom is -0.481 e. The lowest BCUT2D eigenvalue weighted by molar-refractivity contribution is -0.141. The number of nitrogens with zero attached hydrogens (tertiary/aromatic N) is 1. The van der Waals surface area contributed by atoms with E-state index in [-0.39, 0.29) is 5.54 Å². The van der Waals surface area contributed by atoms with Crippen LogP contribution in [0.3, 0.4) is 0 Å². The van der Waals surface area contributed by atoms with E-state index in [0.29, 0.717) is 6.42 Å². The number of hydrogen-bond donors (Lipinski definition) is 1. The fourth-order valence-electron chi connectivity index (χ4n) is 3.08. The summed E-state index contributed by atoms with van der Waals surface area (Å²) in [6, 6.07) is 0. The highest BCUT2D eigenvalue weighted by atomic mass is 16.4. The summed E-state index contributed by atoms with van der Waals surface area (Å²) in [5.74, 6) is 0.110. The van der Waals surface area contributed by atoms with Gasteiger partial charge in [-0.15, -0.1) is 0 Å². The summed E-state index contributed by atoms with van der Waals surface area (Å²) in [5, 5.41) is 9.11. The van der Waals surface area contributed by atoms with E-state index in [1.54, 1.807) is 0 Å². The molecule has 0 aromatic carbocycles. The van der Waals surface area contributed by atoms with E-state index in [0.717, 1.165) is 31.8 Å². The van der Waals surface area contributed by atoms with Gasteiger partial charge in [0.15, 0.2) is 0 Å². The van der Waals surface area contributed by atoms with Crippen LogP contribution in [0.15, 0.2) is 0 Å². The van der Waals surface area contributed by atoms with Crippen LogP contribution in [0.5, 0.6) is 0 Å². The Morgan fingerprint density at radius 2 is 1.81 bits per heavy atom. The molecule has 0 amide bonds. The summed E-state index contributed by atoms with van der Waals surface area (Å²) in [6.45, 7) is 8.44. The van der Waals surface area contributed by atoms with Gasteiger partial charge in [0, 0.05) is 5.54 Å². The van der Waals surface area contributed by atoms with Crippen LogP contribution in [-0.2, 0) is 4.79 Å². The Morgan fingerprint density at radius 3 is 2.19 bits per heavy atom. The zero-order valence-electron chi connectivity index (χ0n) is 10.8. The zero-order chi connectivity index (χ0) is 12.2. The second-order valence-corrected chi connectivity index (χ2v) is 5.15. The Morgan fingerprint density at radius 1 is 1.31 bits per heavy atom. The lowest BCUT2D eigenvalue weighted by atomic mass is 9.74. The molecule has 0 bridgehead atoms. The average molecular weight is 227 g/mol. The van der Waals surface area contributed by atoms with Crippen molar-refractivity contribution in [1.82, 2.24) is 4.90 Å². The highest BCUT2D eigenvalue weighted by Crippen LogP contribution is 2.38.